The van der Waals surface area contributed by atoms with E-state index in [4.69, 9.17) is 0 Å². The molecule has 4 heteroatoms. The van der Waals surface area contributed by atoms with E-state index in [9.17, 15) is 0 Å². The Labute approximate surface area is 144 Å². The number of halogens is 3. The minimum atomic E-state index is 0.294. The molecule has 2 rings (SSSR count). The van der Waals surface area contributed by atoms with Crippen molar-refractivity contribution in [2.24, 2.45) is 0 Å². The maximum absolute atomic E-state index is 3.65. The van der Waals surface area contributed by atoms with Crippen LogP contribution in [0.25, 0.3) is 0 Å². The van der Waals surface area contributed by atoms with E-state index in [1.807, 2.05) is 13.1 Å². The van der Waals surface area contributed by atoms with Crippen LogP contribution in [-0.4, -0.2) is 7.05 Å². The average molecular weight is 495 g/mol. The van der Waals surface area contributed by atoms with Gasteiger partial charge in [0.2, 0.25) is 0 Å². The van der Waals surface area contributed by atoms with Crippen molar-refractivity contribution in [3.05, 3.63) is 66.1 Å². The van der Waals surface area contributed by atoms with E-state index in [2.05, 4.69) is 96.2 Å². The maximum Gasteiger partial charge on any atom is 0.0370 e. The lowest BCUT2D eigenvalue weighted by atomic mass is 9.99. The summed E-state index contributed by atoms with van der Waals surface area (Å²) >= 11 is 9.62. The topological polar surface area (TPSA) is 12.0 Å². The molecule has 0 bridgehead atoms. The largest absolute Gasteiger partial charge is 0.313 e. The minimum absolute atomic E-state index is 0.294. The highest BCUT2D eigenvalue weighted by Gasteiger charge is 2.15. The summed E-state index contributed by atoms with van der Waals surface area (Å²) in [6.07, 6.45) is 0.955. The van der Waals surface area contributed by atoms with Crippen LogP contribution in [0.4, 0.5) is 0 Å². The minimum Gasteiger partial charge on any atom is -0.313 e. The van der Waals surface area contributed by atoms with Crippen LogP contribution in [0, 0.1) is 3.57 Å². The number of rotatable bonds is 4. The molecule has 100 valence electrons. The molecule has 0 spiro atoms. The first-order valence-electron chi connectivity index (χ1n) is 5.97. The van der Waals surface area contributed by atoms with Gasteiger partial charge in [-0.25, -0.2) is 0 Å². The summed E-state index contributed by atoms with van der Waals surface area (Å²) in [5.74, 6) is 0. The van der Waals surface area contributed by atoms with Gasteiger partial charge in [0, 0.05) is 18.6 Å². The van der Waals surface area contributed by atoms with Crippen molar-refractivity contribution in [1.82, 2.24) is 5.32 Å². The third-order valence-electron chi connectivity index (χ3n) is 3.06. The SMILES string of the molecule is CNC(Cc1ccccc1Br)c1cc(I)ccc1Br. The first kappa shape index (κ1) is 15.5. The Morgan fingerprint density at radius 1 is 1.11 bits per heavy atom. The van der Waals surface area contributed by atoms with Crippen LogP contribution < -0.4 is 5.32 Å². The van der Waals surface area contributed by atoms with Crippen molar-refractivity contribution in [3.8, 4) is 0 Å². The summed E-state index contributed by atoms with van der Waals surface area (Å²) in [5, 5.41) is 3.41. The van der Waals surface area contributed by atoms with Gasteiger partial charge in [-0.2, -0.15) is 0 Å². The molecule has 0 aliphatic rings. The molecule has 0 saturated heterocycles. The molecule has 0 aliphatic carbocycles. The Balaban J connectivity index is 2.30. The molecule has 0 fully saturated rings. The van der Waals surface area contributed by atoms with Gasteiger partial charge in [0.15, 0.2) is 0 Å². The molecule has 1 N–H and O–H groups in total. The molecule has 0 heterocycles. The van der Waals surface area contributed by atoms with Crippen LogP contribution in [0.15, 0.2) is 51.4 Å². The van der Waals surface area contributed by atoms with Gasteiger partial charge in [-0.1, -0.05) is 50.1 Å². The van der Waals surface area contributed by atoms with Gasteiger partial charge >= 0.3 is 0 Å². The lowest BCUT2D eigenvalue weighted by molar-refractivity contribution is 0.588. The molecule has 1 nitrogen and oxygen atoms in total. The van der Waals surface area contributed by atoms with Crippen molar-refractivity contribution < 1.29 is 0 Å². The maximum atomic E-state index is 3.65. The first-order chi connectivity index (χ1) is 9.11. The predicted molar refractivity (Wildman–Crippen MR) is 96.5 cm³/mol. The van der Waals surface area contributed by atoms with Crippen molar-refractivity contribution in [2.75, 3.05) is 7.05 Å². The fraction of sp³-hybridized carbons (Fsp3) is 0.200. The zero-order chi connectivity index (χ0) is 13.8. The lowest BCUT2D eigenvalue weighted by Gasteiger charge is -2.19. The molecule has 2 aromatic rings. The number of likely N-dealkylation sites (N-methyl/N-ethyl adjacent to an activating group) is 1. The van der Waals surface area contributed by atoms with Crippen LogP contribution in [0.1, 0.15) is 17.2 Å². The molecule has 0 aliphatic heterocycles. The molecule has 0 amide bonds. The zero-order valence-electron chi connectivity index (χ0n) is 10.5. The van der Waals surface area contributed by atoms with Gasteiger partial charge in [-0.3, -0.25) is 0 Å². The van der Waals surface area contributed by atoms with E-state index in [1.165, 1.54) is 14.7 Å². The second kappa shape index (κ2) is 7.20. The quantitative estimate of drug-likeness (QED) is 0.567. The van der Waals surface area contributed by atoms with Crippen molar-refractivity contribution in [3.63, 3.8) is 0 Å². The Kier molecular flexibility index (Phi) is 5.87. The Hall–Kier alpha value is 0.0900. The summed E-state index contributed by atoms with van der Waals surface area (Å²) < 4.78 is 3.57. The molecule has 2 aromatic carbocycles. The predicted octanol–water partition coefficient (Wildman–Crippen LogP) is 5.32. The highest BCUT2D eigenvalue weighted by molar-refractivity contribution is 14.1. The molecular formula is C15H14Br2IN. The van der Waals surface area contributed by atoms with Crippen LogP contribution in [0.2, 0.25) is 0 Å². The van der Waals surface area contributed by atoms with Crippen molar-refractivity contribution in [1.29, 1.82) is 0 Å². The van der Waals surface area contributed by atoms with Gasteiger partial charge in [0.1, 0.15) is 0 Å². The second-order valence-electron chi connectivity index (χ2n) is 4.30. The van der Waals surface area contributed by atoms with Crippen LogP contribution in [0.5, 0.6) is 0 Å². The summed E-state index contributed by atoms with van der Waals surface area (Å²) in [4.78, 5) is 0. The molecule has 1 unspecified atom stereocenters. The highest BCUT2D eigenvalue weighted by Crippen LogP contribution is 2.29. The number of hydrogen-bond acceptors (Lipinski definition) is 1. The van der Waals surface area contributed by atoms with Crippen LogP contribution in [0.3, 0.4) is 0 Å². The van der Waals surface area contributed by atoms with E-state index < -0.39 is 0 Å². The van der Waals surface area contributed by atoms with E-state index in [1.54, 1.807) is 0 Å². The van der Waals surface area contributed by atoms with Gasteiger partial charge < -0.3 is 5.32 Å². The van der Waals surface area contributed by atoms with E-state index >= 15 is 0 Å². The van der Waals surface area contributed by atoms with E-state index in [0.717, 1.165) is 15.4 Å². The standard InChI is InChI=1S/C15H14Br2IN/c1-19-15(8-10-4-2-3-5-13(10)16)12-9-11(18)6-7-14(12)17/h2-7,9,15,19H,8H2,1H3. The fourth-order valence-corrected chi connectivity index (χ4v) is 3.52. The molecule has 19 heavy (non-hydrogen) atoms. The summed E-state index contributed by atoms with van der Waals surface area (Å²) in [5.41, 5.74) is 2.61. The van der Waals surface area contributed by atoms with E-state index in [-0.39, 0.29) is 0 Å². The molecule has 0 saturated carbocycles. The fourth-order valence-electron chi connectivity index (χ4n) is 2.03. The zero-order valence-corrected chi connectivity index (χ0v) is 15.8. The Bertz CT molecular complexity index is 572. The number of nitrogens with one attached hydrogen (secondary N) is 1. The normalized spacial score (nSPS) is 12.4. The van der Waals surface area contributed by atoms with Gasteiger partial charge in [0.05, 0.1) is 0 Å². The monoisotopic (exact) mass is 493 g/mol. The Morgan fingerprint density at radius 3 is 2.53 bits per heavy atom. The summed E-state index contributed by atoms with van der Waals surface area (Å²) in [6.45, 7) is 0. The molecule has 0 radical (unpaired) electrons. The third kappa shape index (κ3) is 4.03. The molecule has 1 atom stereocenters. The van der Waals surface area contributed by atoms with Gasteiger partial charge in [-0.15, -0.1) is 0 Å². The lowest BCUT2D eigenvalue weighted by Crippen LogP contribution is -2.19. The van der Waals surface area contributed by atoms with Crippen molar-refractivity contribution >= 4 is 54.5 Å². The third-order valence-corrected chi connectivity index (χ3v) is 5.23. The first-order valence-corrected chi connectivity index (χ1v) is 8.64. The average Bonchev–Trinajstić information content (AvgIpc) is 2.41. The highest BCUT2D eigenvalue weighted by atomic mass is 127. The Morgan fingerprint density at radius 2 is 1.84 bits per heavy atom. The second-order valence-corrected chi connectivity index (χ2v) is 7.26. The van der Waals surface area contributed by atoms with Crippen molar-refractivity contribution in [2.45, 2.75) is 12.5 Å². The molecular weight excluding hydrogens is 481 g/mol. The summed E-state index contributed by atoms with van der Waals surface area (Å²) in [6, 6.07) is 15.1. The molecule has 0 aromatic heterocycles. The van der Waals surface area contributed by atoms with Gasteiger partial charge in [0.25, 0.3) is 0 Å². The number of benzene rings is 2. The van der Waals surface area contributed by atoms with Crippen LogP contribution in [-0.2, 0) is 6.42 Å². The smallest absolute Gasteiger partial charge is 0.0370 e. The van der Waals surface area contributed by atoms with E-state index in [0.29, 0.717) is 6.04 Å². The summed E-state index contributed by atoms with van der Waals surface area (Å²) in [7, 11) is 2.01. The van der Waals surface area contributed by atoms with Gasteiger partial charge in [-0.05, 0) is 71.5 Å². The number of hydrogen-bond donors (Lipinski definition) is 1. The van der Waals surface area contributed by atoms with Crippen LogP contribution >= 0.6 is 54.5 Å².